The van der Waals surface area contributed by atoms with Crippen LogP contribution in [0.4, 0.5) is 0 Å². The summed E-state index contributed by atoms with van der Waals surface area (Å²) in [7, 11) is 0. The van der Waals surface area contributed by atoms with E-state index < -0.39 is 17.8 Å². The molecule has 6 heteroatoms. The molecule has 0 aliphatic heterocycles. The van der Waals surface area contributed by atoms with Crippen LogP contribution in [0.1, 0.15) is 50.3 Å². The van der Waals surface area contributed by atoms with Crippen molar-refractivity contribution in [3.63, 3.8) is 0 Å². The normalized spacial score (nSPS) is 24.1. The van der Waals surface area contributed by atoms with Crippen molar-refractivity contribution in [1.29, 1.82) is 0 Å². The van der Waals surface area contributed by atoms with Gasteiger partial charge in [0.2, 0.25) is 11.8 Å². The van der Waals surface area contributed by atoms with Crippen LogP contribution in [0.5, 0.6) is 0 Å². The first kappa shape index (κ1) is 14.6. The van der Waals surface area contributed by atoms with Gasteiger partial charge >= 0.3 is 5.97 Å². The Kier molecular flexibility index (Phi) is 4.42. The molecule has 2 rings (SSSR count). The van der Waals surface area contributed by atoms with E-state index in [9.17, 15) is 14.7 Å². The number of nitrogens with zero attached hydrogens (tertiary/aromatic N) is 1. The Balaban J connectivity index is 2.01. The quantitative estimate of drug-likeness (QED) is 0.880. The Morgan fingerprint density at radius 3 is 2.60 bits per heavy atom. The summed E-state index contributed by atoms with van der Waals surface area (Å²) in [6, 6.07) is -0.354. The maximum atomic E-state index is 12.3. The molecule has 1 aromatic rings. The monoisotopic (exact) mass is 280 g/mol. The number of amides is 1. The fourth-order valence-electron chi connectivity index (χ4n) is 2.69. The molecular formula is C14H20N2O4. The number of nitrogens with one attached hydrogen (secondary N) is 1. The van der Waals surface area contributed by atoms with Crippen molar-refractivity contribution in [2.24, 2.45) is 11.8 Å². The highest BCUT2D eigenvalue weighted by molar-refractivity contribution is 5.85. The van der Waals surface area contributed by atoms with Gasteiger partial charge in [-0.15, -0.1) is 0 Å². The van der Waals surface area contributed by atoms with Gasteiger partial charge in [-0.05, 0) is 26.7 Å². The standard InChI is InChI=1S/C14H20N2O4/c1-8-7-15-13(20-8)9(2)16-12(17)10-5-3-4-6-11(10)14(18)19/h7,9-11H,3-6H2,1-2H3,(H,16,17)(H,18,19)/t9?,10-,11+/m1/s1. The Bertz CT molecular complexity index is 497. The third-order valence-corrected chi connectivity index (χ3v) is 3.79. The fraction of sp³-hybridized carbons (Fsp3) is 0.643. The maximum absolute atomic E-state index is 12.3. The van der Waals surface area contributed by atoms with Gasteiger partial charge in [-0.1, -0.05) is 12.8 Å². The molecule has 0 saturated heterocycles. The zero-order valence-electron chi connectivity index (χ0n) is 11.8. The van der Waals surface area contributed by atoms with E-state index in [1.54, 1.807) is 20.0 Å². The van der Waals surface area contributed by atoms with Gasteiger partial charge in [-0.2, -0.15) is 0 Å². The second-order valence-electron chi connectivity index (χ2n) is 5.38. The van der Waals surface area contributed by atoms with E-state index in [1.807, 2.05) is 0 Å². The first-order chi connectivity index (χ1) is 9.49. The number of carboxylic acids is 1. The molecule has 6 nitrogen and oxygen atoms in total. The zero-order chi connectivity index (χ0) is 14.7. The average molecular weight is 280 g/mol. The fourth-order valence-corrected chi connectivity index (χ4v) is 2.69. The summed E-state index contributed by atoms with van der Waals surface area (Å²) >= 11 is 0. The number of carbonyl (C=O) groups excluding carboxylic acids is 1. The van der Waals surface area contributed by atoms with Crippen molar-refractivity contribution in [3.8, 4) is 0 Å². The molecule has 1 fully saturated rings. The van der Waals surface area contributed by atoms with E-state index in [0.717, 1.165) is 12.8 Å². The van der Waals surface area contributed by atoms with Crippen LogP contribution in [0.2, 0.25) is 0 Å². The molecule has 0 radical (unpaired) electrons. The number of aryl methyl sites for hydroxylation is 1. The predicted octanol–water partition coefficient (Wildman–Crippen LogP) is 2.05. The van der Waals surface area contributed by atoms with Crippen LogP contribution in [0.3, 0.4) is 0 Å². The van der Waals surface area contributed by atoms with Gasteiger partial charge in [0.15, 0.2) is 0 Å². The first-order valence-corrected chi connectivity index (χ1v) is 6.94. The van der Waals surface area contributed by atoms with Crippen molar-refractivity contribution in [2.75, 3.05) is 0 Å². The number of oxazole rings is 1. The van der Waals surface area contributed by atoms with Gasteiger partial charge in [0, 0.05) is 0 Å². The van der Waals surface area contributed by atoms with E-state index in [1.165, 1.54) is 0 Å². The van der Waals surface area contributed by atoms with Crippen molar-refractivity contribution in [1.82, 2.24) is 10.3 Å². The molecule has 1 aliphatic rings. The highest BCUT2D eigenvalue weighted by Gasteiger charge is 2.36. The first-order valence-electron chi connectivity index (χ1n) is 6.94. The Labute approximate surface area is 117 Å². The summed E-state index contributed by atoms with van der Waals surface area (Å²) in [6.07, 6.45) is 4.56. The van der Waals surface area contributed by atoms with Crippen molar-refractivity contribution in [3.05, 3.63) is 17.8 Å². The highest BCUT2D eigenvalue weighted by atomic mass is 16.4. The lowest BCUT2D eigenvalue weighted by molar-refractivity contribution is -0.149. The lowest BCUT2D eigenvalue weighted by Crippen LogP contribution is -2.40. The third-order valence-electron chi connectivity index (χ3n) is 3.79. The zero-order valence-corrected chi connectivity index (χ0v) is 11.8. The summed E-state index contributed by atoms with van der Waals surface area (Å²) < 4.78 is 5.37. The second-order valence-corrected chi connectivity index (χ2v) is 5.38. The molecule has 1 heterocycles. The molecule has 0 spiro atoms. The third kappa shape index (κ3) is 3.18. The molecule has 3 atom stereocenters. The summed E-state index contributed by atoms with van der Waals surface area (Å²) in [5.74, 6) is -1.02. The Hall–Kier alpha value is -1.85. The van der Waals surface area contributed by atoms with Crippen LogP contribution in [-0.2, 0) is 9.59 Å². The minimum Gasteiger partial charge on any atom is -0.481 e. The highest BCUT2D eigenvalue weighted by Crippen LogP contribution is 2.31. The van der Waals surface area contributed by atoms with Crippen LogP contribution in [0.25, 0.3) is 0 Å². The lowest BCUT2D eigenvalue weighted by Gasteiger charge is -2.28. The average Bonchev–Trinajstić information content (AvgIpc) is 2.85. The van der Waals surface area contributed by atoms with Crippen LogP contribution < -0.4 is 5.32 Å². The molecule has 1 amide bonds. The van der Waals surface area contributed by atoms with E-state index in [2.05, 4.69) is 10.3 Å². The number of hydrogen-bond donors (Lipinski definition) is 2. The minimum absolute atomic E-state index is 0.222. The van der Waals surface area contributed by atoms with E-state index >= 15 is 0 Å². The van der Waals surface area contributed by atoms with E-state index in [-0.39, 0.29) is 11.9 Å². The molecule has 0 bridgehead atoms. The van der Waals surface area contributed by atoms with Crippen LogP contribution >= 0.6 is 0 Å². The van der Waals surface area contributed by atoms with E-state index in [4.69, 9.17) is 4.42 Å². The largest absolute Gasteiger partial charge is 0.481 e. The van der Waals surface area contributed by atoms with Crippen molar-refractivity contribution in [2.45, 2.75) is 45.6 Å². The molecule has 20 heavy (non-hydrogen) atoms. The van der Waals surface area contributed by atoms with Crippen LogP contribution in [-0.4, -0.2) is 22.0 Å². The molecule has 2 N–H and O–H groups in total. The molecular weight excluding hydrogens is 260 g/mol. The number of aromatic nitrogens is 1. The second kappa shape index (κ2) is 6.07. The molecule has 1 aromatic heterocycles. The molecule has 1 unspecified atom stereocenters. The number of carbonyl (C=O) groups is 2. The van der Waals surface area contributed by atoms with Crippen molar-refractivity contribution < 1.29 is 19.1 Å². The van der Waals surface area contributed by atoms with Gasteiger partial charge in [-0.25, -0.2) is 4.98 Å². The minimum atomic E-state index is -0.885. The lowest BCUT2D eigenvalue weighted by atomic mass is 9.78. The SMILES string of the molecule is Cc1cnc(C(C)NC(=O)[C@@H]2CCCC[C@@H]2C(=O)O)o1. The molecule has 1 saturated carbocycles. The maximum Gasteiger partial charge on any atom is 0.307 e. The van der Waals surface area contributed by atoms with Crippen LogP contribution in [0.15, 0.2) is 10.6 Å². The summed E-state index contributed by atoms with van der Waals surface area (Å²) in [5, 5.41) is 12.0. The van der Waals surface area contributed by atoms with Gasteiger partial charge in [0.1, 0.15) is 11.8 Å². The predicted molar refractivity (Wildman–Crippen MR) is 70.9 cm³/mol. The number of rotatable bonds is 4. The number of aliphatic carboxylic acids is 1. The number of hydrogen-bond acceptors (Lipinski definition) is 4. The topological polar surface area (TPSA) is 92.4 Å². The molecule has 110 valence electrons. The summed E-state index contributed by atoms with van der Waals surface area (Å²) in [5.41, 5.74) is 0. The van der Waals surface area contributed by atoms with Gasteiger partial charge in [0.05, 0.1) is 18.0 Å². The van der Waals surface area contributed by atoms with Gasteiger partial charge in [-0.3, -0.25) is 9.59 Å². The molecule has 1 aliphatic carbocycles. The smallest absolute Gasteiger partial charge is 0.307 e. The summed E-state index contributed by atoms with van der Waals surface area (Å²) in [4.78, 5) is 27.5. The Morgan fingerprint density at radius 2 is 2.05 bits per heavy atom. The van der Waals surface area contributed by atoms with Crippen molar-refractivity contribution >= 4 is 11.9 Å². The molecule has 0 aromatic carbocycles. The van der Waals surface area contributed by atoms with Gasteiger partial charge in [0.25, 0.3) is 0 Å². The van der Waals surface area contributed by atoms with Gasteiger partial charge < -0.3 is 14.8 Å². The van der Waals surface area contributed by atoms with E-state index in [0.29, 0.717) is 24.5 Å². The Morgan fingerprint density at radius 1 is 1.40 bits per heavy atom. The summed E-state index contributed by atoms with van der Waals surface area (Å²) in [6.45, 7) is 3.56. The van der Waals surface area contributed by atoms with Crippen LogP contribution in [0, 0.1) is 18.8 Å². The number of carboxylic acid groups (broad SMARTS) is 1.